The predicted octanol–water partition coefficient (Wildman–Crippen LogP) is 0.554. The van der Waals surface area contributed by atoms with Gasteiger partial charge in [0.25, 0.3) is 0 Å². The van der Waals surface area contributed by atoms with Gasteiger partial charge in [-0.05, 0) is 0 Å². The van der Waals surface area contributed by atoms with Gasteiger partial charge in [0.05, 0.1) is 10.9 Å². The molecule has 5 nitrogen and oxygen atoms in total. The lowest BCUT2D eigenvalue weighted by Gasteiger charge is -1.89. The first-order valence-corrected chi connectivity index (χ1v) is 3.62. The maximum absolute atomic E-state index is 11.3. The second-order valence-electron chi connectivity index (χ2n) is 2.60. The molecule has 0 radical (unpaired) electrons. The number of aromatic carboxylic acids is 1. The van der Waals surface area contributed by atoms with Gasteiger partial charge in [-0.1, -0.05) is 0 Å². The molecule has 5 heteroatoms. The van der Waals surface area contributed by atoms with E-state index in [1.54, 1.807) is 0 Å². The summed E-state index contributed by atoms with van der Waals surface area (Å²) in [5, 5.41) is 8.91. The van der Waals surface area contributed by atoms with Crippen molar-refractivity contribution in [3.63, 3.8) is 0 Å². The van der Waals surface area contributed by atoms with Crippen LogP contribution in [-0.4, -0.2) is 21.0 Å². The van der Waals surface area contributed by atoms with Crippen LogP contribution in [0.2, 0.25) is 0 Å². The lowest BCUT2D eigenvalue weighted by atomic mass is 10.2. The summed E-state index contributed by atoms with van der Waals surface area (Å²) >= 11 is 0. The number of carboxylic acid groups (broad SMARTS) is 1. The van der Waals surface area contributed by atoms with Crippen molar-refractivity contribution < 1.29 is 9.90 Å². The van der Waals surface area contributed by atoms with Crippen molar-refractivity contribution in [2.75, 3.05) is 0 Å². The summed E-state index contributed by atoms with van der Waals surface area (Å²) in [6.07, 6.45) is 2.76. The minimum absolute atomic E-state index is 0.00292. The van der Waals surface area contributed by atoms with Gasteiger partial charge in [0.15, 0.2) is 5.43 Å². The molecular formula is C8H6N2O3. The van der Waals surface area contributed by atoms with Crippen LogP contribution in [0.25, 0.3) is 11.0 Å². The van der Waals surface area contributed by atoms with Crippen LogP contribution in [0.1, 0.15) is 10.4 Å². The topological polar surface area (TPSA) is 85.9 Å². The second kappa shape index (κ2) is 2.48. The monoisotopic (exact) mass is 178 g/mol. The molecule has 0 spiro atoms. The zero-order chi connectivity index (χ0) is 9.42. The van der Waals surface area contributed by atoms with Gasteiger partial charge in [-0.25, -0.2) is 4.79 Å². The second-order valence-corrected chi connectivity index (χ2v) is 2.60. The summed E-state index contributed by atoms with van der Waals surface area (Å²) in [6.45, 7) is 0. The number of hydrogen-bond acceptors (Lipinski definition) is 2. The third-order valence-corrected chi connectivity index (χ3v) is 1.82. The van der Waals surface area contributed by atoms with Crippen LogP contribution in [0.5, 0.6) is 0 Å². The van der Waals surface area contributed by atoms with E-state index in [-0.39, 0.29) is 16.4 Å². The molecule has 0 aliphatic rings. The number of nitrogens with one attached hydrogen (secondary N) is 2. The maximum atomic E-state index is 11.3. The number of aromatic amines is 2. The highest BCUT2D eigenvalue weighted by atomic mass is 16.4. The first-order chi connectivity index (χ1) is 6.20. The Morgan fingerprint density at radius 2 is 2.15 bits per heavy atom. The van der Waals surface area contributed by atoms with E-state index in [0.29, 0.717) is 5.65 Å². The Morgan fingerprint density at radius 3 is 2.85 bits per heavy atom. The van der Waals surface area contributed by atoms with E-state index in [4.69, 9.17) is 5.11 Å². The average molecular weight is 178 g/mol. The summed E-state index contributed by atoms with van der Waals surface area (Å²) < 4.78 is 0. The molecular weight excluding hydrogens is 172 g/mol. The molecule has 2 aromatic rings. The molecule has 3 N–H and O–H groups in total. The van der Waals surface area contributed by atoms with Crippen molar-refractivity contribution in [3.05, 3.63) is 34.2 Å². The molecule has 66 valence electrons. The quantitative estimate of drug-likeness (QED) is 0.596. The van der Waals surface area contributed by atoms with Gasteiger partial charge in [0.1, 0.15) is 5.65 Å². The van der Waals surface area contributed by atoms with Crippen molar-refractivity contribution in [2.24, 2.45) is 0 Å². The fourth-order valence-electron chi connectivity index (χ4n) is 1.25. The molecule has 0 aliphatic carbocycles. The highest BCUT2D eigenvalue weighted by Crippen LogP contribution is 2.10. The van der Waals surface area contributed by atoms with Crippen molar-refractivity contribution >= 4 is 17.0 Å². The molecule has 0 unspecified atom stereocenters. The molecule has 0 bridgehead atoms. The number of fused-ring (bicyclic) bond motifs is 1. The van der Waals surface area contributed by atoms with E-state index in [2.05, 4.69) is 9.97 Å². The number of hydrogen-bond donors (Lipinski definition) is 3. The molecule has 0 saturated carbocycles. The molecule has 0 saturated heterocycles. The van der Waals surface area contributed by atoms with Crippen LogP contribution in [-0.2, 0) is 0 Å². The third-order valence-electron chi connectivity index (χ3n) is 1.82. The summed E-state index contributed by atoms with van der Waals surface area (Å²) in [6, 6.07) is 1.29. The number of carbonyl (C=O) groups is 1. The fourth-order valence-corrected chi connectivity index (χ4v) is 1.25. The van der Waals surface area contributed by atoms with Crippen molar-refractivity contribution in [3.8, 4) is 0 Å². The number of carboxylic acids is 1. The third kappa shape index (κ3) is 1.01. The Morgan fingerprint density at radius 1 is 1.38 bits per heavy atom. The summed E-state index contributed by atoms with van der Waals surface area (Å²) in [5.74, 6) is -1.11. The molecule has 0 atom stereocenters. The largest absolute Gasteiger partial charge is 0.478 e. The lowest BCUT2D eigenvalue weighted by Crippen LogP contribution is -2.04. The minimum Gasteiger partial charge on any atom is -0.478 e. The first-order valence-electron chi connectivity index (χ1n) is 3.62. The van der Waals surface area contributed by atoms with Crippen molar-refractivity contribution in [1.82, 2.24) is 9.97 Å². The van der Waals surface area contributed by atoms with Gasteiger partial charge in [0, 0.05) is 18.5 Å². The normalized spacial score (nSPS) is 10.5. The average Bonchev–Trinajstić information content (AvgIpc) is 2.49. The lowest BCUT2D eigenvalue weighted by molar-refractivity contribution is 0.0699. The maximum Gasteiger partial charge on any atom is 0.338 e. The molecule has 0 aromatic carbocycles. The SMILES string of the molecule is O=C(O)c1c[nH]c2[nH]ccc(=O)c12. The van der Waals surface area contributed by atoms with Gasteiger partial charge in [-0.2, -0.15) is 0 Å². The van der Waals surface area contributed by atoms with Gasteiger partial charge in [0.2, 0.25) is 0 Å². The molecule has 13 heavy (non-hydrogen) atoms. The molecule has 2 rings (SSSR count). The van der Waals surface area contributed by atoms with Crippen LogP contribution < -0.4 is 5.43 Å². The van der Waals surface area contributed by atoms with Crippen molar-refractivity contribution in [1.29, 1.82) is 0 Å². The van der Waals surface area contributed by atoms with E-state index in [1.807, 2.05) is 0 Å². The van der Waals surface area contributed by atoms with E-state index >= 15 is 0 Å². The zero-order valence-corrected chi connectivity index (χ0v) is 6.50. The summed E-state index contributed by atoms with van der Waals surface area (Å²) in [7, 11) is 0. The number of rotatable bonds is 1. The van der Waals surface area contributed by atoms with Crippen molar-refractivity contribution in [2.45, 2.75) is 0 Å². The highest BCUT2D eigenvalue weighted by Gasteiger charge is 2.12. The van der Waals surface area contributed by atoms with E-state index < -0.39 is 5.97 Å². The highest BCUT2D eigenvalue weighted by molar-refractivity contribution is 6.01. The molecule has 0 amide bonds. The molecule has 0 aliphatic heterocycles. The summed E-state index contributed by atoms with van der Waals surface area (Å²) in [5.41, 5.74) is 0.133. The predicted molar refractivity (Wildman–Crippen MR) is 45.9 cm³/mol. The number of H-pyrrole nitrogens is 2. The molecule has 2 heterocycles. The van der Waals surface area contributed by atoms with Crippen LogP contribution in [0.3, 0.4) is 0 Å². The van der Waals surface area contributed by atoms with Crippen LogP contribution in [0.15, 0.2) is 23.3 Å². The Kier molecular flexibility index (Phi) is 1.45. The Bertz CT molecular complexity index is 523. The fraction of sp³-hybridized carbons (Fsp3) is 0. The van der Waals surface area contributed by atoms with Gasteiger partial charge >= 0.3 is 5.97 Å². The molecule has 2 aromatic heterocycles. The van der Waals surface area contributed by atoms with Gasteiger partial charge in [-0.15, -0.1) is 0 Å². The number of pyridine rings is 1. The minimum atomic E-state index is -1.11. The van der Waals surface area contributed by atoms with Gasteiger partial charge in [-0.3, -0.25) is 4.79 Å². The number of aromatic nitrogens is 2. The Balaban J connectivity index is 2.95. The standard InChI is InChI=1S/C8H6N2O3/c11-5-1-2-9-7-6(5)4(3-10-7)8(12)13/h1-3H,(H,12,13)(H2,9,10,11). The zero-order valence-electron chi connectivity index (χ0n) is 6.50. The summed E-state index contributed by atoms with van der Waals surface area (Å²) in [4.78, 5) is 27.3. The van der Waals surface area contributed by atoms with Crippen LogP contribution >= 0.6 is 0 Å². The Hall–Kier alpha value is -2.04. The van der Waals surface area contributed by atoms with E-state index in [9.17, 15) is 9.59 Å². The first kappa shape index (κ1) is 7.60. The smallest absolute Gasteiger partial charge is 0.338 e. The molecule has 0 fully saturated rings. The van der Waals surface area contributed by atoms with E-state index in [0.717, 1.165) is 0 Å². The van der Waals surface area contributed by atoms with Crippen LogP contribution in [0, 0.1) is 0 Å². The van der Waals surface area contributed by atoms with Crippen LogP contribution in [0.4, 0.5) is 0 Å². The van der Waals surface area contributed by atoms with Gasteiger partial charge < -0.3 is 15.1 Å². The Labute approximate surface area is 72.0 Å². The van der Waals surface area contributed by atoms with E-state index in [1.165, 1.54) is 18.5 Å².